The van der Waals surface area contributed by atoms with Gasteiger partial charge in [-0.3, -0.25) is 14.2 Å². The smallest absolute Gasteiger partial charge is 0.261 e. The van der Waals surface area contributed by atoms with Crippen LogP contribution in [0.3, 0.4) is 0 Å². The van der Waals surface area contributed by atoms with E-state index in [4.69, 9.17) is 5.73 Å². The molecule has 1 aromatic carbocycles. The molecule has 0 fully saturated rings. The van der Waals surface area contributed by atoms with Gasteiger partial charge in [0.15, 0.2) is 0 Å². The van der Waals surface area contributed by atoms with Crippen molar-refractivity contribution in [2.24, 2.45) is 11.7 Å². The van der Waals surface area contributed by atoms with E-state index in [0.717, 1.165) is 6.42 Å². The number of carbonyl (C=O) groups excluding carboxylic acids is 1. The molecule has 132 valence electrons. The number of aromatic nitrogens is 2. The number of hydrogen-bond acceptors (Lipinski definition) is 4. The predicted octanol–water partition coefficient (Wildman–Crippen LogP) is 1.70. The van der Waals surface area contributed by atoms with E-state index in [2.05, 4.69) is 24.1 Å². The monoisotopic (exact) mass is 352 g/mol. The number of nitrogens with one attached hydrogen (secondary N) is 1. The van der Waals surface area contributed by atoms with Gasteiger partial charge in [0, 0.05) is 12.1 Å². The molecule has 1 aromatic heterocycles. The molecule has 2 rings (SSSR count). The second kappa shape index (κ2) is 8.26. The lowest BCUT2D eigenvalue weighted by molar-refractivity contribution is -0.123. The number of fused-ring (bicyclic) bond motifs is 1. The van der Waals surface area contributed by atoms with Gasteiger partial charge in [0.25, 0.3) is 5.56 Å². The van der Waals surface area contributed by atoms with E-state index in [1.165, 1.54) is 10.9 Å². The number of nitrogens with two attached hydrogens (primary N) is 1. The normalized spacial score (nSPS) is 13.4. The van der Waals surface area contributed by atoms with E-state index in [9.17, 15) is 9.59 Å². The molecule has 0 aliphatic heterocycles. The summed E-state index contributed by atoms with van der Waals surface area (Å²) in [5, 5.41) is 3.45. The van der Waals surface area contributed by atoms with E-state index >= 15 is 0 Å². The quantitative estimate of drug-likeness (QED) is 0.827. The van der Waals surface area contributed by atoms with Crippen molar-refractivity contribution in [2.45, 2.75) is 39.3 Å². The van der Waals surface area contributed by atoms with Crippen LogP contribution >= 0.6 is 12.4 Å². The maximum atomic E-state index is 12.4. The second-order valence-electron chi connectivity index (χ2n) is 6.61. The number of rotatable bonds is 6. The second-order valence-corrected chi connectivity index (χ2v) is 6.61. The lowest BCUT2D eigenvalue weighted by Gasteiger charge is -2.31. The van der Waals surface area contributed by atoms with Crippen LogP contribution in [0.4, 0.5) is 0 Å². The molecule has 2 aromatic rings. The topological polar surface area (TPSA) is 90.0 Å². The van der Waals surface area contributed by atoms with Gasteiger partial charge in [-0.15, -0.1) is 12.4 Å². The van der Waals surface area contributed by atoms with Gasteiger partial charge in [0.05, 0.1) is 17.2 Å². The molecule has 1 heterocycles. The molecule has 0 spiro atoms. The highest BCUT2D eigenvalue weighted by atomic mass is 35.5. The summed E-state index contributed by atoms with van der Waals surface area (Å²) in [6.07, 6.45) is 2.19. The maximum absolute atomic E-state index is 12.4. The molecule has 1 atom stereocenters. The Bertz CT molecular complexity index is 760. The summed E-state index contributed by atoms with van der Waals surface area (Å²) < 4.78 is 1.32. The zero-order valence-corrected chi connectivity index (χ0v) is 15.1. The number of hydrogen-bond donors (Lipinski definition) is 2. The Labute approximate surface area is 147 Å². The number of halogens is 1. The average Bonchev–Trinajstić information content (AvgIpc) is 2.49. The Kier molecular flexibility index (Phi) is 6.93. The van der Waals surface area contributed by atoms with Crippen molar-refractivity contribution in [3.05, 3.63) is 40.9 Å². The number of carbonyl (C=O) groups is 1. The summed E-state index contributed by atoms with van der Waals surface area (Å²) in [6, 6.07) is 7.09. The fourth-order valence-electron chi connectivity index (χ4n) is 2.84. The first-order valence-electron chi connectivity index (χ1n) is 7.80. The summed E-state index contributed by atoms with van der Waals surface area (Å²) in [5.74, 6) is 0.173. The van der Waals surface area contributed by atoms with E-state index in [-0.39, 0.29) is 30.4 Å². The van der Waals surface area contributed by atoms with E-state index < -0.39 is 5.54 Å². The molecule has 0 aliphatic rings. The number of nitrogens with zero attached hydrogens (tertiary/aromatic N) is 2. The van der Waals surface area contributed by atoms with Gasteiger partial charge >= 0.3 is 0 Å². The van der Waals surface area contributed by atoms with Crippen LogP contribution in [-0.4, -0.2) is 27.5 Å². The molecular weight excluding hydrogens is 328 g/mol. The fraction of sp³-hybridized carbons (Fsp3) is 0.471. The van der Waals surface area contributed by atoms with Crippen LogP contribution in [-0.2, 0) is 11.3 Å². The van der Waals surface area contributed by atoms with Crippen molar-refractivity contribution in [2.75, 3.05) is 6.54 Å². The summed E-state index contributed by atoms with van der Waals surface area (Å²) in [5.41, 5.74) is 5.74. The van der Waals surface area contributed by atoms with Gasteiger partial charge in [-0.05, 0) is 31.4 Å². The minimum atomic E-state index is -0.473. The first kappa shape index (κ1) is 20.1. The number of benzene rings is 1. The summed E-state index contributed by atoms with van der Waals surface area (Å²) in [4.78, 5) is 28.9. The van der Waals surface area contributed by atoms with Gasteiger partial charge in [-0.1, -0.05) is 26.0 Å². The third-order valence-corrected chi connectivity index (χ3v) is 3.80. The number of amides is 1. The SMILES string of the molecule is CC(C)CC(C)(CN)NC(=O)Cn1cnc2ccccc2c1=O.Cl. The first-order chi connectivity index (χ1) is 10.8. The Balaban J connectivity index is 0.00000288. The maximum Gasteiger partial charge on any atom is 0.261 e. The molecule has 0 radical (unpaired) electrons. The predicted molar refractivity (Wildman–Crippen MR) is 98.3 cm³/mol. The molecule has 0 bridgehead atoms. The Morgan fingerprint density at radius 3 is 2.67 bits per heavy atom. The van der Waals surface area contributed by atoms with Crippen molar-refractivity contribution in [1.82, 2.24) is 14.9 Å². The fourth-order valence-corrected chi connectivity index (χ4v) is 2.84. The third-order valence-electron chi connectivity index (χ3n) is 3.80. The van der Waals surface area contributed by atoms with Gasteiger partial charge in [-0.25, -0.2) is 4.98 Å². The highest BCUT2D eigenvalue weighted by Gasteiger charge is 2.26. The third kappa shape index (κ3) is 4.79. The van der Waals surface area contributed by atoms with Crippen LogP contribution in [0, 0.1) is 5.92 Å². The van der Waals surface area contributed by atoms with Gasteiger partial charge in [-0.2, -0.15) is 0 Å². The molecule has 7 heteroatoms. The Morgan fingerprint density at radius 1 is 1.38 bits per heavy atom. The molecule has 0 saturated heterocycles. The highest BCUT2D eigenvalue weighted by molar-refractivity contribution is 5.85. The van der Waals surface area contributed by atoms with Crippen molar-refractivity contribution in [1.29, 1.82) is 0 Å². The van der Waals surface area contributed by atoms with E-state index in [1.807, 2.05) is 13.0 Å². The lowest BCUT2D eigenvalue weighted by Crippen LogP contribution is -2.53. The van der Waals surface area contributed by atoms with E-state index in [1.54, 1.807) is 18.2 Å². The summed E-state index contributed by atoms with van der Waals surface area (Å²) in [6.45, 7) is 6.37. The van der Waals surface area contributed by atoms with E-state index in [0.29, 0.717) is 23.4 Å². The molecule has 6 nitrogen and oxygen atoms in total. The average molecular weight is 353 g/mol. The molecule has 24 heavy (non-hydrogen) atoms. The molecule has 3 N–H and O–H groups in total. The highest BCUT2D eigenvalue weighted by Crippen LogP contribution is 2.15. The summed E-state index contributed by atoms with van der Waals surface area (Å²) in [7, 11) is 0. The van der Waals surface area contributed by atoms with Gasteiger partial charge < -0.3 is 11.1 Å². The zero-order valence-electron chi connectivity index (χ0n) is 14.3. The van der Waals surface area contributed by atoms with Crippen LogP contribution in [0.15, 0.2) is 35.4 Å². The van der Waals surface area contributed by atoms with Crippen molar-refractivity contribution in [3.8, 4) is 0 Å². The molecular formula is C17H25ClN4O2. The molecule has 1 unspecified atom stereocenters. The van der Waals surface area contributed by atoms with Crippen molar-refractivity contribution in [3.63, 3.8) is 0 Å². The van der Waals surface area contributed by atoms with Crippen LogP contribution in [0.25, 0.3) is 10.9 Å². The lowest BCUT2D eigenvalue weighted by atomic mass is 9.91. The molecule has 0 saturated carbocycles. The van der Waals surface area contributed by atoms with Gasteiger partial charge in [0.2, 0.25) is 5.91 Å². The Hall–Kier alpha value is -1.92. The summed E-state index contributed by atoms with van der Waals surface area (Å²) >= 11 is 0. The largest absolute Gasteiger partial charge is 0.348 e. The van der Waals surface area contributed by atoms with Crippen LogP contribution in [0.1, 0.15) is 27.2 Å². The van der Waals surface area contributed by atoms with Crippen LogP contribution in [0.2, 0.25) is 0 Å². The zero-order chi connectivity index (χ0) is 17.0. The minimum Gasteiger partial charge on any atom is -0.348 e. The molecule has 0 aliphatic carbocycles. The standard InChI is InChI=1S/C17H24N4O2.ClH/c1-12(2)8-17(3,10-18)20-15(22)9-21-11-19-14-7-5-4-6-13(14)16(21)23;/h4-7,11-12H,8-10,18H2,1-3H3,(H,20,22);1H. The van der Waals surface area contributed by atoms with Gasteiger partial charge in [0.1, 0.15) is 6.54 Å². The molecule has 1 amide bonds. The van der Waals surface area contributed by atoms with Crippen LogP contribution in [0.5, 0.6) is 0 Å². The number of para-hydroxylation sites is 1. The first-order valence-corrected chi connectivity index (χ1v) is 7.80. The van der Waals surface area contributed by atoms with Crippen LogP contribution < -0.4 is 16.6 Å². The van der Waals surface area contributed by atoms with Crippen molar-refractivity contribution >= 4 is 29.2 Å². The minimum absolute atomic E-state index is 0. The Morgan fingerprint density at radius 2 is 2.04 bits per heavy atom. The van der Waals surface area contributed by atoms with Crippen molar-refractivity contribution < 1.29 is 4.79 Å².